The molecule has 0 saturated carbocycles. The molecule has 0 aromatic carbocycles. The quantitative estimate of drug-likeness (QED) is 0.912. The van der Waals surface area contributed by atoms with E-state index in [1.165, 1.54) is 0 Å². The van der Waals surface area contributed by atoms with Crippen LogP contribution in [0.1, 0.15) is 31.2 Å². The number of hydrogen-bond acceptors (Lipinski definition) is 3. The molecule has 5 heteroatoms. The molecule has 1 aromatic heterocycles. The Bertz CT molecular complexity index is 419. The van der Waals surface area contributed by atoms with Crippen molar-refractivity contribution in [1.29, 1.82) is 0 Å². The smallest absolute Gasteiger partial charge is 0.0847 e. The van der Waals surface area contributed by atoms with E-state index in [1.54, 1.807) is 0 Å². The molecule has 102 valence electrons. The van der Waals surface area contributed by atoms with E-state index in [2.05, 4.69) is 12.0 Å². The van der Waals surface area contributed by atoms with E-state index in [1.807, 2.05) is 18.7 Å². The van der Waals surface area contributed by atoms with Gasteiger partial charge in [-0.05, 0) is 19.8 Å². The maximum absolute atomic E-state index is 6.34. The van der Waals surface area contributed by atoms with Gasteiger partial charge in [-0.25, -0.2) is 0 Å². The second-order valence-corrected chi connectivity index (χ2v) is 5.49. The maximum atomic E-state index is 6.34. The zero-order valence-electron chi connectivity index (χ0n) is 11.3. The van der Waals surface area contributed by atoms with Gasteiger partial charge in [0.05, 0.1) is 22.5 Å². The molecule has 2 rings (SSSR count). The molecule has 2 heterocycles. The number of nitrogens with zero attached hydrogens (tertiary/aromatic N) is 2. The van der Waals surface area contributed by atoms with Gasteiger partial charge in [0.1, 0.15) is 0 Å². The molecule has 18 heavy (non-hydrogen) atoms. The van der Waals surface area contributed by atoms with Crippen LogP contribution in [0.15, 0.2) is 0 Å². The Morgan fingerprint density at radius 3 is 2.89 bits per heavy atom. The van der Waals surface area contributed by atoms with Crippen molar-refractivity contribution in [3.63, 3.8) is 0 Å². The van der Waals surface area contributed by atoms with Gasteiger partial charge in [0.25, 0.3) is 0 Å². The van der Waals surface area contributed by atoms with Crippen molar-refractivity contribution in [2.24, 2.45) is 18.7 Å². The Labute approximate surface area is 113 Å². The van der Waals surface area contributed by atoms with Crippen LogP contribution in [0.3, 0.4) is 0 Å². The molecule has 0 aliphatic carbocycles. The largest absolute Gasteiger partial charge is 0.378 e. The third-order valence-electron chi connectivity index (χ3n) is 3.90. The summed E-state index contributed by atoms with van der Waals surface area (Å²) in [4.78, 5) is 0. The molecule has 0 spiro atoms. The van der Waals surface area contributed by atoms with Gasteiger partial charge in [-0.2, -0.15) is 5.10 Å². The maximum Gasteiger partial charge on any atom is 0.0847 e. The predicted octanol–water partition coefficient (Wildman–Crippen LogP) is 2.07. The molecule has 1 aromatic rings. The Morgan fingerprint density at radius 1 is 1.61 bits per heavy atom. The lowest BCUT2D eigenvalue weighted by Crippen LogP contribution is -2.37. The fourth-order valence-corrected chi connectivity index (χ4v) is 3.09. The second-order valence-electron chi connectivity index (χ2n) is 5.11. The van der Waals surface area contributed by atoms with Crippen LogP contribution in [0.4, 0.5) is 0 Å². The molecule has 1 aliphatic rings. The first kappa shape index (κ1) is 13.8. The standard InChI is InChI=1S/C13H22ClN3O/c1-4-12-9(5-6-18-12)10(15)7-11-13(14)8(2)16-17(11)3/h9-10,12H,4-7,15H2,1-3H3. The predicted molar refractivity (Wildman–Crippen MR) is 72.8 cm³/mol. The van der Waals surface area contributed by atoms with E-state index in [4.69, 9.17) is 22.1 Å². The van der Waals surface area contributed by atoms with Gasteiger partial charge < -0.3 is 10.5 Å². The van der Waals surface area contributed by atoms with Gasteiger partial charge in [-0.3, -0.25) is 4.68 Å². The molecule has 2 N–H and O–H groups in total. The van der Waals surface area contributed by atoms with E-state index in [9.17, 15) is 0 Å². The Hall–Kier alpha value is -0.580. The van der Waals surface area contributed by atoms with Gasteiger partial charge in [0, 0.05) is 32.0 Å². The van der Waals surface area contributed by atoms with Crippen molar-refractivity contribution in [2.75, 3.05) is 6.61 Å². The van der Waals surface area contributed by atoms with Crippen LogP contribution < -0.4 is 5.73 Å². The van der Waals surface area contributed by atoms with Crippen molar-refractivity contribution in [2.45, 2.75) is 45.3 Å². The zero-order valence-corrected chi connectivity index (χ0v) is 12.1. The summed E-state index contributed by atoms with van der Waals surface area (Å²) in [6.07, 6.45) is 3.14. The van der Waals surface area contributed by atoms with Gasteiger partial charge in [0.15, 0.2) is 0 Å². The van der Waals surface area contributed by atoms with Crippen LogP contribution in [0.25, 0.3) is 0 Å². The summed E-state index contributed by atoms with van der Waals surface area (Å²) >= 11 is 6.26. The van der Waals surface area contributed by atoms with Crippen LogP contribution in [-0.4, -0.2) is 28.5 Å². The van der Waals surface area contributed by atoms with Gasteiger partial charge >= 0.3 is 0 Å². The van der Waals surface area contributed by atoms with Crippen LogP contribution in [0.5, 0.6) is 0 Å². The van der Waals surface area contributed by atoms with E-state index in [0.717, 1.165) is 42.3 Å². The van der Waals surface area contributed by atoms with Crippen LogP contribution in [-0.2, 0) is 18.2 Å². The highest BCUT2D eigenvalue weighted by atomic mass is 35.5. The minimum Gasteiger partial charge on any atom is -0.378 e. The first-order chi connectivity index (χ1) is 8.54. The molecule has 3 unspecified atom stereocenters. The summed E-state index contributed by atoms with van der Waals surface area (Å²) in [5.41, 5.74) is 8.25. The van der Waals surface area contributed by atoms with E-state index in [0.29, 0.717) is 12.0 Å². The SMILES string of the molecule is CCC1OCCC1C(N)Cc1c(Cl)c(C)nn1C. The minimum atomic E-state index is 0.0877. The number of hydrogen-bond donors (Lipinski definition) is 1. The number of halogens is 1. The Kier molecular flexibility index (Phi) is 4.30. The third-order valence-corrected chi connectivity index (χ3v) is 4.40. The van der Waals surface area contributed by atoms with E-state index < -0.39 is 0 Å². The molecule has 0 amide bonds. The summed E-state index contributed by atoms with van der Waals surface area (Å²) in [5, 5.41) is 5.08. The summed E-state index contributed by atoms with van der Waals surface area (Å²) in [6.45, 7) is 4.90. The zero-order chi connectivity index (χ0) is 13.3. The van der Waals surface area contributed by atoms with Crippen molar-refractivity contribution >= 4 is 11.6 Å². The average molecular weight is 272 g/mol. The van der Waals surface area contributed by atoms with Gasteiger partial charge in [-0.1, -0.05) is 18.5 Å². The number of rotatable bonds is 4. The highest BCUT2D eigenvalue weighted by Crippen LogP contribution is 2.29. The van der Waals surface area contributed by atoms with Gasteiger partial charge in [0.2, 0.25) is 0 Å². The number of aromatic nitrogens is 2. The summed E-state index contributed by atoms with van der Waals surface area (Å²) in [7, 11) is 1.92. The first-order valence-electron chi connectivity index (χ1n) is 6.59. The van der Waals surface area contributed by atoms with Crippen molar-refractivity contribution in [3.05, 3.63) is 16.4 Å². The lowest BCUT2D eigenvalue weighted by Gasteiger charge is -2.23. The van der Waals surface area contributed by atoms with Crippen molar-refractivity contribution in [3.8, 4) is 0 Å². The molecular formula is C13H22ClN3O. The van der Waals surface area contributed by atoms with Crippen LogP contribution in [0, 0.1) is 12.8 Å². The molecule has 1 aliphatic heterocycles. The minimum absolute atomic E-state index is 0.0877. The van der Waals surface area contributed by atoms with Crippen molar-refractivity contribution < 1.29 is 4.74 Å². The lowest BCUT2D eigenvalue weighted by atomic mass is 9.89. The molecule has 1 fully saturated rings. The topological polar surface area (TPSA) is 53.1 Å². The highest BCUT2D eigenvalue weighted by molar-refractivity contribution is 6.31. The normalized spacial score (nSPS) is 25.6. The third kappa shape index (κ3) is 2.56. The van der Waals surface area contributed by atoms with Crippen LogP contribution >= 0.6 is 11.6 Å². The molecule has 4 nitrogen and oxygen atoms in total. The number of nitrogens with two attached hydrogens (primary N) is 1. The van der Waals surface area contributed by atoms with E-state index in [-0.39, 0.29) is 6.04 Å². The molecule has 0 bridgehead atoms. The average Bonchev–Trinajstić information content (AvgIpc) is 2.90. The number of ether oxygens (including phenoxy) is 1. The van der Waals surface area contributed by atoms with E-state index >= 15 is 0 Å². The van der Waals surface area contributed by atoms with Crippen LogP contribution in [0.2, 0.25) is 5.02 Å². The Morgan fingerprint density at radius 2 is 2.33 bits per heavy atom. The lowest BCUT2D eigenvalue weighted by molar-refractivity contribution is 0.0812. The fraction of sp³-hybridized carbons (Fsp3) is 0.769. The monoisotopic (exact) mass is 271 g/mol. The summed E-state index contributed by atoms with van der Waals surface area (Å²) in [5.74, 6) is 0.432. The molecular weight excluding hydrogens is 250 g/mol. The second kappa shape index (κ2) is 5.59. The molecule has 1 saturated heterocycles. The van der Waals surface area contributed by atoms with Gasteiger partial charge in [-0.15, -0.1) is 0 Å². The van der Waals surface area contributed by atoms with Crippen molar-refractivity contribution in [1.82, 2.24) is 9.78 Å². The number of aryl methyl sites for hydroxylation is 2. The highest BCUT2D eigenvalue weighted by Gasteiger charge is 2.32. The Balaban J connectivity index is 2.09. The first-order valence-corrected chi connectivity index (χ1v) is 6.97. The summed E-state index contributed by atoms with van der Waals surface area (Å²) < 4.78 is 7.55. The fourth-order valence-electron chi connectivity index (χ4n) is 2.85. The summed E-state index contributed by atoms with van der Waals surface area (Å²) in [6, 6.07) is 0.0877. The molecule has 0 radical (unpaired) electrons. The molecule has 3 atom stereocenters.